The molecule has 2 rings (SSSR count). The Bertz CT molecular complexity index is 588. The highest BCUT2D eigenvalue weighted by Gasteiger charge is 2.06. The summed E-state index contributed by atoms with van der Waals surface area (Å²) in [7, 11) is 0. The molecule has 1 aromatic carbocycles. The van der Waals surface area contributed by atoms with Crippen LogP contribution in [-0.4, -0.2) is 29.4 Å². The molecule has 2 amide bonds. The van der Waals surface area contributed by atoms with Crippen molar-refractivity contribution in [3.63, 3.8) is 0 Å². The number of urea groups is 1. The number of carbonyl (C=O) groups excluding carboxylic acids is 1. The monoisotopic (exact) mass is 320 g/mol. The summed E-state index contributed by atoms with van der Waals surface area (Å²) in [6.07, 6.45) is 0.805. The van der Waals surface area contributed by atoms with Gasteiger partial charge in [-0.05, 0) is 25.8 Å². The van der Waals surface area contributed by atoms with Crippen molar-refractivity contribution in [3.05, 3.63) is 40.9 Å². The molecule has 1 atom stereocenters. The Kier molecular flexibility index (Phi) is 6.29. The van der Waals surface area contributed by atoms with Crippen molar-refractivity contribution < 1.29 is 9.53 Å². The van der Waals surface area contributed by atoms with E-state index in [1.54, 1.807) is 0 Å². The molecule has 0 aliphatic heterocycles. The number of aryl methyl sites for hydroxylation is 1. The van der Waals surface area contributed by atoms with E-state index in [-0.39, 0.29) is 12.1 Å². The smallest absolute Gasteiger partial charge is 0.321 e. The highest BCUT2D eigenvalue weighted by molar-refractivity contribution is 7.15. The van der Waals surface area contributed by atoms with Crippen molar-refractivity contribution in [2.24, 2.45) is 0 Å². The number of anilines is 1. The second-order valence-corrected chi connectivity index (χ2v) is 5.97. The van der Waals surface area contributed by atoms with Crippen LogP contribution in [0.5, 0.6) is 0 Å². The minimum absolute atomic E-state index is 0.0550. The molecule has 0 spiro atoms. The van der Waals surface area contributed by atoms with Crippen LogP contribution in [-0.2, 0) is 4.74 Å². The van der Waals surface area contributed by atoms with Gasteiger partial charge in [0, 0.05) is 13.2 Å². The van der Waals surface area contributed by atoms with Gasteiger partial charge in [-0.3, -0.25) is 5.32 Å². The molecular formula is C15H20N4O2S. The fraction of sp³-hybridized carbons (Fsp3) is 0.400. The van der Waals surface area contributed by atoms with Gasteiger partial charge in [0.1, 0.15) is 5.01 Å². The predicted molar refractivity (Wildman–Crippen MR) is 87.1 cm³/mol. The maximum atomic E-state index is 11.6. The Morgan fingerprint density at radius 1 is 1.32 bits per heavy atom. The lowest BCUT2D eigenvalue weighted by Gasteiger charge is -2.13. The summed E-state index contributed by atoms with van der Waals surface area (Å²) in [5.74, 6) is 0. The number of hydrogen-bond acceptors (Lipinski definition) is 5. The maximum Gasteiger partial charge on any atom is 0.321 e. The second-order valence-electron chi connectivity index (χ2n) is 4.78. The minimum Gasteiger partial charge on any atom is -0.374 e. The molecule has 1 aromatic heterocycles. The van der Waals surface area contributed by atoms with Crippen LogP contribution in [0.4, 0.5) is 9.93 Å². The standard InChI is InChI=1S/C15H20N4O2S/c1-11(13-7-4-3-5-8-13)21-10-6-9-16-14(20)17-15-19-18-12(2)22-15/h3-5,7-8,11H,6,9-10H2,1-2H3,(H2,16,17,19,20)/t11-/m0/s1. The van der Waals surface area contributed by atoms with Gasteiger partial charge in [-0.2, -0.15) is 0 Å². The van der Waals surface area contributed by atoms with Gasteiger partial charge in [0.25, 0.3) is 0 Å². The first-order valence-corrected chi connectivity index (χ1v) is 7.98. The number of nitrogens with one attached hydrogen (secondary N) is 2. The van der Waals surface area contributed by atoms with E-state index in [2.05, 4.69) is 20.8 Å². The summed E-state index contributed by atoms with van der Waals surface area (Å²) in [6.45, 7) is 5.00. The predicted octanol–water partition coefficient (Wildman–Crippen LogP) is 3.14. The lowest BCUT2D eigenvalue weighted by atomic mass is 10.1. The Morgan fingerprint density at radius 3 is 2.77 bits per heavy atom. The van der Waals surface area contributed by atoms with Gasteiger partial charge in [0.2, 0.25) is 5.13 Å². The fourth-order valence-corrected chi connectivity index (χ4v) is 2.43. The third kappa shape index (κ3) is 5.42. The van der Waals surface area contributed by atoms with Gasteiger partial charge in [-0.15, -0.1) is 10.2 Å². The van der Waals surface area contributed by atoms with E-state index in [9.17, 15) is 4.79 Å². The van der Waals surface area contributed by atoms with E-state index < -0.39 is 0 Å². The minimum atomic E-state index is -0.271. The number of rotatable bonds is 7. The van der Waals surface area contributed by atoms with Crippen LogP contribution >= 0.6 is 11.3 Å². The summed E-state index contributed by atoms with van der Waals surface area (Å²) in [5.41, 5.74) is 1.15. The first-order chi connectivity index (χ1) is 10.6. The largest absolute Gasteiger partial charge is 0.374 e. The molecule has 0 saturated heterocycles. The number of carbonyl (C=O) groups is 1. The average Bonchev–Trinajstić information content (AvgIpc) is 2.92. The summed E-state index contributed by atoms with van der Waals surface area (Å²) >= 11 is 1.34. The zero-order chi connectivity index (χ0) is 15.8. The molecule has 0 fully saturated rings. The van der Waals surface area contributed by atoms with E-state index >= 15 is 0 Å². The molecule has 2 aromatic rings. The Morgan fingerprint density at radius 2 is 2.09 bits per heavy atom. The van der Waals surface area contributed by atoms with Gasteiger partial charge in [-0.25, -0.2) is 4.79 Å². The zero-order valence-corrected chi connectivity index (χ0v) is 13.5. The van der Waals surface area contributed by atoms with Crippen LogP contribution in [0.15, 0.2) is 30.3 Å². The molecule has 118 valence electrons. The van der Waals surface area contributed by atoms with Crippen LogP contribution in [0.3, 0.4) is 0 Å². The number of aromatic nitrogens is 2. The summed E-state index contributed by atoms with van der Waals surface area (Å²) in [5, 5.41) is 14.4. The summed E-state index contributed by atoms with van der Waals surface area (Å²) in [4.78, 5) is 11.6. The Hall–Kier alpha value is -1.99. The molecule has 1 heterocycles. The normalized spacial score (nSPS) is 11.9. The van der Waals surface area contributed by atoms with Crippen LogP contribution in [0.1, 0.15) is 30.0 Å². The maximum absolute atomic E-state index is 11.6. The van der Waals surface area contributed by atoms with E-state index in [1.165, 1.54) is 11.3 Å². The third-order valence-electron chi connectivity index (χ3n) is 2.99. The Balaban J connectivity index is 1.58. The van der Waals surface area contributed by atoms with E-state index in [4.69, 9.17) is 4.74 Å². The molecule has 7 heteroatoms. The zero-order valence-electron chi connectivity index (χ0n) is 12.7. The van der Waals surface area contributed by atoms with Gasteiger partial charge in [0.15, 0.2) is 0 Å². The highest BCUT2D eigenvalue weighted by Crippen LogP contribution is 2.15. The second kappa shape index (κ2) is 8.45. The first kappa shape index (κ1) is 16.4. The van der Waals surface area contributed by atoms with Crippen molar-refractivity contribution in [2.75, 3.05) is 18.5 Å². The molecule has 0 aliphatic rings. The molecular weight excluding hydrogens is 300 g/mol. The lowest BCUT2D eigenvalue weighted by Crippen LogP contribution is -2.30. The van der Waals surface area contributed by atoms with Crippen molar-refractivity contribution in [2.45, 2.75) is 26.4 Å². The molecule has 0 unspecified atom stereocenters. The number of amides is 2. The molecule has 22 heavy (non-hydrogen) atoms. The molecule has 2 N–H and O–H groups in total. The quantitative estimate of drug-likeness (QED) is 0.768. The lowest BCUT2D eigenvalue weighted by molar-refractivity contribution is 0.0644. The number of ether oxygens (including phenoxy) is 1. The number of nitrogens with zero attached hydrogens (tertiary/aromatic N) is 2. The summed E-state index contributed by atoms with van der Waals surface area (Å²) < 4.78 is 5.74. The topological polar surface area (TPSA) is 76.1 Å². The number of hydrogen-bond donors (Lipinski definition) is 2. The molecule has 0 aliphatic carbocycles. The van der Waals surface area contributed by atoms with Gasteiger partial charge in [0.05, 0.1) is 6.10 Å². The van der Waals surface area contributed by atoms with Crippen molar-refractivity contribution >= 4 is 22.5 Å². The highest BCUT2D eigenvalue weighted by atomic mass is 32.1. The summed E-state index contributed by atoms with van der Waals surface area (Å²) in [6, 6.07) is 9.79. The van der Waals surface area contributed by atoms with Crippen molar-refractivity contribution in [1.29, 1.82) is 0 Å². The number of benzene rings is 1. The molecule has 6 nitrogen and oxygen atoms in total. The molecule has 0 radical (unpaired) electrons. The van der Waals surface area contributed by atoms with Crippen LogP contribution < -0.4 is 10.6 Å². The van der Waals surface area contributed by atoms with Gasteiger partial charge in [-0.1, -0.05) is 41.7 Å². The molecule has 0 bridgehead atoms. The Labute approximate surface area is 133 Å². The van der Waals surface area contributed by atoms with Gasteiger partial charge < -0.3 is 10.1 Å². The van der Waals surface area contributed by atoms with Gasteiger partial charge >= 0.3 is 6.03 Å². The van der Waals surface area contributed by atoms with Crippen molar-refractivity contribution in [1.82, 2.24) is 15.5 Å². The van der Waals surface area contributed by atoms with E-state index in [0.717, 1.165) is 17.0 Å². The van der Waals surface area contributed by atoms with E-state index in [0.29, 0.717) is 18.3 Å². The fourth-order valence-electron chi connectivity index (χ4n) is 1.84. The van der Waals surface area contributed by atoms with E-state index in [1.807, 2.05) is 44.2 Å². The average molecular weight is 320 g/mol. The molecule has 0 saturated carbocycles. The van der Waals surface area contributed by atoms with Crippen LogP contribution in [0.25, 0.3) is 0 Å². The SMILES string of the molecule is Cc1nnc(NC(=O)NCCCO[C@@H](C)c2ccccc2)s1. The van der Waals surface area contributed by atoms with Crippen molar-refractivity contribution in [3.8, 4) is 0 Å². The van der Waals surface area contributed by atoms with Crippen LogP contribution in [0.2, 0.25) is 0 Å². The third-order valence-corrected chi connectivity index (χ3v) is 3.74. The van der Waals surface area contributed by atoms with Crippen LogP contribution in [0, 0.1) is 6.92 Å². The first-order valence-electron chi connectivity index (χ1n) is 7.16.